The lowest BCUT2D eigenvalue weighted by atomic mass is 9.92. The number of piperidine rings is 1. The Labute approximate surface area is 120 Å². The monoisotopic (exact) mass is 279 g/mol. The smallest absolute Gasteiger partial charge is 0.230 e. The highest BCUT2D eigenvalue weighted by molar-refractivity contribution is 6.18. The van der Waals surface area contributed by atoms with Crippen LogP contribution in [-0.2, 0) is 4.79 Å². The number of hydrogen-bond donors (Lipinski definition) is 0. The van der Waals surface area contributed by atoms with Gasteiger partial charge in [0.2, 0.25) is 5.91 Å². The predicted molar refractivity (Wildman–Crippen MR) is 79.5 cm³/mol. The van der Waals surface area contributed by atoms with Crippen LogP contribution in [0.3, 0.4) is 0 Å². The summed E-state index contributed by atoms with van der Waals surface area (Å²) in [6.45, 7) is 3.81. The zero-order valence-corrected chi connectivity index (χ0v) is 12.3. The normalized spacial score (nSPS) is 18.3. The maximum Gasteiger partial charge on any atom is 0.230 e. The molecular formula is C16H22ClNO. The lowest BCUT2D eigenvalue weighted by Gasteiger charge is -2.33. The molecule has 1 saturated heterocycles. The molecule has 1 amide bonds. The van der Waals surface area contributed by atoms with Gasteiger partial charge < -0.3 is 4.90 Å². The van der Waals surface area contributed by atoms with Gasteiger partial charge in [-0.25, -0.2) is 0 Å². The van der Waals surface area contributed by atoms with E-state index in [1.165, 1.54) is 0 Å². The van der Waals surface area contributed by atoms with E-state index in [1.807, 2.05) is 23.1 Å². The topological polar surface area (TPSA) is 20.3 Å². The van der Waals surface area contributed by atoms with Gasteiger partial charge in [0, 0.05) is 19.0 Å². The summed E-state index contributed by atoms with van der Waals surface area (Å²) in [4.78, 5) is 14.6. The zero-order valence-electron chi connectivity index (χ0n) is 11.5. The molecule has 0 radical (unpaired) electrons. The molecule has 1 fully saturated rings. The van der Waals surface area contributed by atoms with Crippen molar-refractivity contribution in [2.75, 3.05) is 19.0 Å². The number of carbonyl (C=O) groups is 1. The fraction of sp³-hybridized carbons (Fsp3) is 0.562. The molecule has 3 heteroatoms. The maximum absolute atomic E-state index is 12.6. The van der Waals surface area contributed by atoms with Crippen LogP contribution in [-0.4, -0.2) is 29.8 Å². The van der Waals surface area contributed by atoms with Gasteiger partial charge in [0.05, 0.1) is 5.92 Å². The Bertz CT molecular complexity index is 398. The van der Waals surface area contributed by atoms with E-state index in [9.17, 15) is 4.79 Å². The van der Waals surface area contributed by atoms with Crippen molar-refractivity contribution in [3.8, 4) is 0 Å². The van der Waals surface area contributed by atoms with Gasteiger partial charge >= 0.3 is 0 Å². The van der Waals surface area contributed by atoms with Gasteiger partial charge in [-0.3, -0.25) is 4.79 Å². The molecule has 0 saturated carbocycles. The van der Waals surface area contributed by atoms with E-state index in [4.69, 9.17) is 11.6 Å². The van der Waals surface area contributed by atoms with Crippen LogP contribution in [0.5, 0.6) is 0 Å². The lowest BCUT2D eigenvalue weighted by Crippen LogP contribution is -2.41. The number of carbonyl (C=O) groups excluding carboxylic acids is 1. The number of hydrogen-bond acceptors (Lipinski definition) is 1. The third kappa shape index (κ3) is 3.50. The Hall–Kier alpha value is -1.02. The third-order valence-electron chi connectivity index (χ3n) is 4.05. The molecule has 2 rings (SSSR count). The van der Waals surface area contributed by atoms with Gasteiger partial charge in [0.15, 0.2) is 0 Å². The largest absolute Gasteiger partial charge is 0.342 e. The van der Waals surface area contributed by atoms with Gasteiger partial charge in [0.25, 0.3) is 0 Å². The van der Waals surface area contributed by atoms with Crippen LogP contribution in [0.4, 0.5) is 0 Å². The van der Waals surface area contributed by atoms with Crippen LogP contribution in [0.1, 0.15) is 37.7 Å². The van der Waals surface area contributed by atoms with E-state index in [1.54, 1.807) is 0 Å². The number of benzene rings is 1. The van der Waals surface area contributed by atoms with Crippen molar-refractivity contribution in [1.29, 1.82) is 0 Å². The van der Waals surface area contributed by atoms with Crippen molar-refractivity contribution < 1.29 is 4.79 Å². The molecular weight excluding hydrogens is 258 g/mol. The number of halogens is 1. The second kappa shape index (κ2) is 6.95. The van der Waals surface area contributed by atoms with Crippen LogP contribution in [0.2, 0.25) is 0 Å². The molecule has 0 bridgehead atoms. The number of nitrogens with zero attached hydrogens (tertiary/aromatic N) is 1. The molecule has 2 nitrogen and oxygen atoms in total. The van der Waals surface area contributed by atoms with Crippen molar-refractivity contribution in [3.63, 3.8) is 0 Å². The summed E-state index contributed by atoms with van der Waals surface area (Å²) in [6, 6.07) is 10.1. The molecule has 0 aliphatic carbocycles. The molecule has 1 unspecified atom stereocenters. The van der Waals surface area contributed by atoms with Crippen molar-refractivity contribution in [2.24, 2.45) is 5.92 Å². The van der Waals surface area contributed by atoms with Gasteiger partial charge in [-0.1, -0.05) is 37.3 Å². The molecule has 0 aromatic heterocycles. The highest BCUT2D eigenvalue weighted by Crippen LogP contribution is 2.25. The second-order valence-electron chi connectivity index (χ2n) is 5.29. The average molecular weight is 280 g/mol. The summed E-state index contributed by atoms with van der Waals surface area (Å²) in [6.07, 6.45) is 2.94. The van der Waals surface area contributed by atoms with Crippen molar-refractivity contribution in [1.82, 2.24) is 4.90 Å². The minimum absolute atomic E-state index is 0.00810. The quantitative estimate of drug-likeness (QED) is 0.771. The van der Waals surface area contributed by atoms with E-state index in [0.29, 0.717) is 5.92 Å². The van der Waals surface area contributed by atoms with Crippen molar-refractivity contribution in [3.05, 3.63) is 35.9 Å². The second-order valence-corrected chi connectivity index (χ2v) is 5.60. The zero-order chi connectivity index (χ0) is 13.7. The number of amides is 1. The fourth-order valence-corrected chi connectivity index (χ4v) is 3.07. The molecule has 19 heavy (non-hydrogen) atoms. The SMILES string of the molecule is CCC(C(=O)N1CCC(CCl)CC1)c1ccccc1. The number of likely N-dealkylation sites (tertiary alicyclic amines) is 1. The van der Waals surface area contributed by atoms with Gasteiger partial charge in [-0.05, 0) is 30.7 Å². The van der Waals surface area contributed by atoms with E-state index < -0.39 is 0 Å². The average Bonchev–Trinajstić information content (AvgIpc) is 2.49. The van der Waals surface area contributed by atoms with Gasteiger partial charge in [-0.15, -0.1) is 11.6 Å². The number of alkyl halides is 1. The van der Waals surface area contributed by atoms with Crippen molar-refractivity contribution in [2.45, 2.75) is 32.1 Å². The molecule has 1 aliphatic rings. The Kier molecular flexibility index (Phi) is 5.26. The summed E-state index contributed by atoms with van der Waals surface area (Å²) in [5.74, 6) is 1.59. The molecule has 104 valence electrons. The first kappa shape index (κ1) is 14.4. The molecule has 1 aliphatic heterocycles. The van der Waals surface area contributed by atoms with Gasteiger partial charge in [0.1, 0.15) is 0 Å². The highest BCUT2D eigenvalue weighted by Gasteiger charge is 2.27. The Balaban J connectivity index is 2.02. The maximum atomic E-state index is 12.6. The van der Waals surface area contributed by atoms with Crippen LogP contribution in [0, 0.1) is 5.92 Å². The standard InChI is InChI=1S/C16H22ClNO/c1-2-15(14-6-4-3-5-7-14)16(19)18-10-8-13(12-17)9-11-18/h3-7,13,15H,2,8-12H2,1H3. The van der Waals surface area contributed by atoms with Gasteiger partial charge in [-0.2, -0.15) is 0 Å². The van der Waals surface area contributed by atoms with E-state index in [2.05, 4.69) is 19.1 Å². The van der Waals surface area contributed by atoms with Crippen LogP contribution >= 0.6 is 11.6 Å². The molecule has 1 aromatic rings. The Morgan fingerprint density at radius 1 is 1.32 bits per heavy atom. The third-order valence-corrected chi connectivity index (χ3v) is 4.49. The van der Waals surface area contributed by atoms with Crippen LogP contribution in [0.15, 0.2) is 30.3 Å². The first-order valence-corrected chi connectivity index (χ1v) is 7.69. The minimum Gasteiger partial charge on any atom is -0.342 e. The number of rotatable bonds is 4. The summed E-state index contributed by atoms with van der Waals surface area (Å²) in [5.41, 5.74) is 1.13. The first-order chi connectivity index (χ1) is 9.26. The Morgan fingerprint density at radius 2 is 1.95 bits per heavy atom. The molecule has 0 N–H and O–H groups in total. The Morgan fingerprint density at radius 3 is 2.47 bits per heavy atom. The van der Waals surface area contributed by atoms with Crippen LogP contribution < -0.4 is 0 Å². The molecule has 1 aromatic carbocycles. The first-order valence-electron chi connectivity index (χ1n) is 7.16. The van der Waals surface area contributed by atoms with E-state index >= 15 is 0 Å². The predicted octanol–water partition coefficient (Wildman–Crippen LogP) is 3.66. The van der Waals surface area contributed by atoms with Crippen molar-refractivity contribution >= 4 is 17.5 Å². The summed E-state index contributed by atoms with van der Waals surface area (Å²) in [7, 11) is 0. The van der Waals surface area contributed by atoms with E-state index in [0.717, 1.165) is 43.8 Å². The summed E-state index contributed by atoms with van der Waals surface area (Å²) < 4.78 is 0. The fourth-order valence-electron chi connectivity index (χ4n) is 2.77. The molecule has 0 spiro atoms. The molecule has 1 atom stereocenters. The molecule has 1 heterocycles. The van der Waals surface area contributed by atoms with E-state index in [-0.39, 0.29) is 11.8 Å². The van der Waals surface area contributed by atoms with Crippen LogP contribution in [0.25, 0.3) is 0 Å². The lowest BCUT2D eigenvalue weighted by molar-refractivity contribution is -0.134. The minimum atomic E-state index is 0.00810. The summed E-state index contributed by atoms with van der Waals surface area (Å²) >= 11 is 5.89. The summed E-state index contributed by atoms with van der Waals surface area (Å²) in [5, 5.41) is 0. The highest BCUT2D eigenvalue weighted by atomic mass is 35.5.